The fraction of sp³-hybridized carbons (Fsp3) is 0.320. The average Bonchev–Trinajstić information content (AvgIpc) is 3.54. The van der Waals surface area contributed by atoms with Gasteiger partial charge in [0.2, 0.25) is 10.0 Å². The lowest BCUT2D eigenvalue weighted by Gasteiger charge is -2.34. The number of carbonyl (C=O) groups excluding carboxylic acids is 1. The molecule has 0 aliphatic carbocycles. The molecule has 16 heteroatoms. The number of amides is 1. The molecule has 1 aliphatic rings. The van der Waals surface area contributed by atoms with Gasteiger partial charge in [0.1, 0.15) is 10.7 Å². The number of sulfonamides is 1. The summed E-state index contributed by atoms with van der Waals surface area (Å²) >= 11 is 7.53. The number of hydrogen-bond donors (Lipinski definition) is 4. The second-order valence-corrected chi connectivity index (χ2v) is 12.5. The van der Waals surface area contributed by atoms with Gasteiger partial charge in [-0.15, -0.1) is 11.3 Å². The summed E-state index contributed by atoms with van der Waals surface area (Å²) in [5, 5.41) is 20.2. The van der Waals surface area contributed by atoms with Crippen molar-refractivity contribution in [3.8, 4) is 11.1 Å². The van der Waals surface area contributed by atoms with Crippen LogP contribution in [0, 0.1) is 0 Å². The number of nitrogens with zero attached hydrogens (tertiary/aromatic N) is 4. The highest BCUT2D eigenvalue weighted by Crippen LogP contribution is 2.33. The van der Waals surface area contributed by atoms with Gasteiger partial charge in [-0.3, -0.25) is 24.3 Å². The van der Waals surface area contributed by atoms with Crippen LogP contribution >= 0.6 is 22.9 Å². The molecule has 1 aromatic carbocycles. The molecule has 1 fully saturated rings. The second kappa shape index (κ2) is 12.9. The van der Waals surface area contributed by atoms with E-state index in [0.29, 0.717) is 40.0 Å². The van der Waals surface area contributed by atoms with Gasteiger partial charge in [0.15, 0.2) is 5.15 Å². The van der Waals surface area contributed by atoms with Crippen LogP contribution in [0.5, 0.6) is 0 Å². The molecule has 3 aromatic heterocycles. The SMILES string of the molecule is C[C@@H]1CN(Cc2nc(C(=O)Nc3cc(-c4cnc(Cl)c(NS(C)(=O)=O)c4)cc4[nH]ncc34)cs2)C[C@H](C)O1.O=CO. The zero-order valence-electron chi connectivity index (χ0n) is 22.3. The Kier molecular flexibility index (Phi) is 9.55. The van der Waals surface area contributed by atoms with E-state index in [1.807, 2.05) is 6.07 Å². The van der Waals surface area contributed by atoms with E-state index in [0.717, 1.165) is 24.4 Å². The lowest BCUT2D eigenvalue weighted by atomic mass is 10.0. The molecule has 1 saturated heterocycles. The van der Waals surface area contributed by atoms with Crippen LogP contribution in [0.2, 0.25) is 5.15 Å². The van der Waals surface area contributed by atoms with Gasteiger partial charge in [0.05, 0.1) is 48.1 Å². The smallest absolute Gasteiger partial charge is 0.290 e. The summed E-state index contributed by atoms with van der Waals surface area (Å²) < 4.78 is 31.6. The number of pyridine rings is 1. The molecule has 0 bridgehead atoms. The van der Waals surface area contributed by atoms with E-state index in [-0.39, 0.29) is 35.4 Å². The Balaban J connectivity index is 0.00000124. The number of aromatic nitrogens is 4. The van der Waals surface area contributed by atoms with Gasteiger partial charge in [-0.25, -0.2) is 18.4 Å². The molecule has 5 rings (SSSR count). The first-order chi connectivity index (χ1) is 19.5. The summed E-state index contributed by atoms with van der Waals surface area (Å²) in [6, 6.07) is 5.19. The van der Waals surface area contributed by atoms with Gasteiger partial charge in [0, 0.05) is 35.6 Å². The molecule has 2 atom stereocenters. The van der Waals surface area contributed by atoms with Crippen molar-refractivity contribution in [2.45, 2.75) is 32.6 Å². The lowest BCUT2D eigenvalue weighted by molar-refractivity contribution is -0.122. The van der Waals surface area contributed by atoms with Crippen LogP contribution in [0.4, 0.5) is 11.4 Å². The summed E-state index contributed by atoms with van der Waals surface area (Å²) in [5.74, 6) is -0.343. The van der Waals surface area contributed by atoms with Gasteiger partial charge >= 0.3 is 0 Å². The number of carbonyl (C=O) groups is 2. The zero-order valence-corrected chi connectivity index (χ0v) is 24.7. The van der Waals surface area contributed by atoms with Crippen molar-refractivity contribution in [3.05, 3.63) is 51.8 Å². The molecular weight excluding hydrogens is 594 g/mol. The number of hydrogen-bond acceptors (Lipinski definition) is 10. The number of morpholine rings is 1. The summed E-state index contributed by atoms with van der Waals surface area (Å²) in [7, 11) is -3.56. The number of nitrogens with one attached hydrogen (secondary N) is 3. The Bertz CT molecular complexity index is 1650. The van der Waals surface area contributed by atoms with E-state index in [1.54, 1.807) is 23.7 Å². The predicted molar refractivity (Wildman–Crippen MR) is 157 cm³/mol. The highest BCUT2D eigenvalue weighted by atomic mass is 35.5. The van der Waals surface area contributed by atoms with Crippen LogP contribution in [0.3, 0.4) is 0 Å². The second-order valence-electron chi connectivity index (χ2n) is 9.43. The Morgan fingerprint density at radius 3 is 2.59 bits per heavy atom. The Morgan fingerprint density at radius 1 is 1.22 bits per heavy atom. The third-order valence-electron chi connectivity index (χ3n) is 5.91. The molecule has 4 aromatic rings. The minimum atomic E-state index is -3.56. The summed E-state index contributed by atoms with van der Waals surface area (Å²) in [6.45, 7) is 6.15. The van der Waals surface area contributed by atoms with Gasteiger partial charge in [-0.05, 0) is 37.6 Å². The number of carboxylic acid groups (broad SMARTS) is 1. The number of H-pyrrole nitrogens is 1. The number of benzene rings is 1. The fourth-order valence-electron chi connectivity index (χ4n) is 4.48. The quantitative estimate of drug-likeness (QED) is 0.176. The van der Waals surface area contributed by atoms with Crippen LogP contribution in [0.15, 0.2) is 36.0 Å². The van der Waals surface area contributed by atoms with Crippen molar-refractivity contribution in [2.75, 3.05) is 29.4 Å². The molecule has 4 heterocycles. The third kappa shape index (κ3) is 7.98. The van der Waals surface area contributed by atoms with Gasteiger partial charge in [0.25, 0.3) is 12.4 Å². The number of thiazole rings is 1. The number of ether oxygens (including phenoxy) is 1. The number of aromatic amines is 1. The van der Waals surface area contributed by atoms with E-state index < -0.39 is 10.0 Å². The molecule has 218 valence electrons. The first-order valence-electron chi connectivity index (χ1n) is 12.3. The summed E-state index contributed by atoms with van der Waals surface area (Å²) in [4.78, 5) is 32.5. The zero-order chi connectivity index (χ0) is 29.7. The van der Waals surface area contributed by atoms with Crippen molar-refractivity contribution in [2.24, 2.45) is 0 Å². The van der Waals surface area contributed by atoms with Crippen molar-refractivity contribution in [3.63, 3.8) is 0 Å². The van der Waals surface area contributed by atoms with Crippen LogP contribution in [0.25, 0.3) is 22.0 Å². The molecule has 0 radical (unpaired) electrons. The van der Waals surface area contributed by atoms with E-state index >= 15 is 0 Å². The third-order valence-corrected chi connectivity index (χ3v) is 7.64. The molecule has 1 amide bonds. The molecule has 0 spiro atoms. The number of rotatable bonds is 7. The van der Waals surface area contributed by atoms with E-state index in [1.165, 1.54) is 17.5 Å². The van der Waals surface area contributed by atoms with Crippen LogP contribution in [-0.4, -0.2) is 82.5 Å². The minimum absolute atomic E-state index is 0.0238. The monoisotopic (exact) mass is 621 g/mol. The maximum atomic E-state index is 13.2. The normalized spacial score (nSPS) is 17.5. The highest BCUT2D eigenvalue weighted by Gasteiger charge is 2.23. The molecule has 13 nitrogen and oxygen atoms in total. The van der Waals surface area contributed by atoms with E-state index in [4.69, 9.17) is 26.2 Å². The number of fused-ring (bicyclic) bond motifs is 1. The van der Waals surface area contributed by atoms with E-state index in [2.05, 4.69) is 49.0 Å². The fourth-order valence-corrected chi connectivity index (χ4v) is 6.05. The summed E-state index contributed by atoms with van der Waals surface area (Å²) in [6.07, 6.45) is 4.49. The first kappa shape index (κ1) is 30.3. The van der Waals surface area contributed by atoms with Gasteiger partial charge < -0.3 is 15.2 Å². The van der Waals surface area contributed by atoms with Crippen molar-refractivity contribution in [1.29, 1.82) is 0 Å². The Labute approximate surface area is 245 Å². The Morgan fingerprint density at radius 2 is 1.90 bits per heavy atom. The highest BCUT2D eigenvalue weighted by molar-refractivity contribution is 7.92. The van der Waals surface area contributed by atoms with Crippen molar-refractivity contribution >= 4 is 67.6 Å². The Hall–Kier alpha value is -3.63. The maximum Gasteiger partial charge on any atom is 0.290 e. The van der Waals surface area contributed by atoms with Crippen LogP contribution < -0.4 is 10.0 Å². The topological polar surface area (TPSA) is 179 Å². The van der Waals surface area contributed by atoms with Crippen molar-refractivity contribution in [1.82, 2.24) is 25.1 Å². The molecular formula is C25H28ClN7O6S2. The molecule has 41 heavy (non-hydrogen) atoms. The average molecular weight is 622 g/mol. The van der Waals surface area contributed by atoms with E-state index in [9.17, 15) is 13.2 Å². The first-order valence-corrected chi connectivity index (χ1v) is 15.4. The molecule has 4 N–H and O–H groups in total. The standard InChI is InChI=1S/C24H26ClN7O4S2.CH2O2/c1-13-9-32(10-14(2)36-13)11-22-28-21(12-37-22)24(33)29-18-4-15(5-19-17(18)8-27-30-19)16-6-20(23(25)26-7-16)31-38(3,34)35;2-1-3/h4-8,12-14,31H,9-11H2,1-3H3,(H,27,30)(H,29,33);1H,(H,2,3)/t13-,14+;. The largest absolute Gasteiger partial charge is 0.483 e. The summed E-state index contributed by atoms with van der Waals surface area (Å²) in [5.41, 5.74) is 2.95. The molecule has 0 unspecified atom stereocenters. The minimum Gasteiger partial charge on any atom is -0.483 e. The predicted octanol–water partition coefficient (Wildman–Crippen LogP) is 3.67. The number of anilines is 2. The van der Waals surface area contributed by atoms with Gasteiger partial charge in [-0.1, -0.05) is 11.6 Å². The van der Waals surface area contributed by atoms with Gasteiger partial charge in [-0.2, -0.15) is 5.10 Å². The lowest BCUT2D eigenvalue weighted by Crippen LogP contribution is -2.44. The maximum absolute atomic E-state index is 13.2. The van der Waals surface area contributed by atoms with Crippen LogP contribution in [-0.2, 0) is 26.1 Å². The van der Waals surface area contributed by atoms with Crippen LogP contribution in [0.1, 0.15) is 29.3 Å². The number of halogens is 1. The van der Waals surface area contributed by atoms with Crippen molar-refractivity contribution < 1.29 is 27.9 Å². The molecule has 0 saturated carbocycles. The molecule has 1 aliphatic heterocycles.